The van der Waals surface area contributed by atoms with Crippen LogP contribution < -0.4 is 27.0 Å². The fourth-order valence-corrected chi connectivity index (χ4v) is 8.12. The first-order valence-electron chi connectivity index (χ1n) is 19.6. The Morgan fingerprint density at radius 2 is 1.24 bits per heavy atom. The lowest BCUT2D eigenvalue weighted by atomic mass is 9.92. The van der Waals surface area contributed by atoms with Gasteiger partial charge in [0.25, 0.3) is 0 Å². The zero-order valence-corrected chi connectivity index (χ0v) is 33.1. The Balaban J connectivity index is 0.000000197. The van der Waals surface area contributed by atoms with E-state index in [0.29, 0.717) is 42.8 Å². The molecule has 1 aliphatic heterocycles. The maximum Gasteiger partial charge on any atom is 0.247 e. The van der Waals surface area contributed by atoms with Crippen molar-refractivity contribution in [1.29, 1.82) is 0 Å². The number of hydrogen-bond acceptors (Lipinski definition) is 11. The number of ether oxygens (including phenoxy) is 2. The van der Waals surface area contributed by atoms with Crippen LogP contribution in [0.3, 0.4) is 0 Å². The van der Waals surface area contributed by atoms with Crippen LogP contribution in [0.15, 0.2) is 45.4 Å². The first-order chi connectivity index (χ1) is 26.5. The molecule has 3 aliphatic rings. The predicted octanol–water partition coefficient (Wildman–Crippen LogP) is 7.85. The second-order valence-corrected chi connectivity index (χ2v) is 15.2. The van der Waals surface area contributed by atoms with Crippen molar-refractivity contribution in [2.75, 3.05) is 35.9 Å². The molecule has 3 heterocycles. The van der Waals surface area contributed by atoms with Gasteiger partial charge in [0, 0.05) is 43.9 Å². The van der Waals surface area contributed by atoms with Crippen molar-refractivity contribution in [2.24, 2.45) is 0 Å². The molecule has 13 nitrogen and oxygen atoms in total. The number of amides is 2. The van der Waals surface area contributed by atoms with E-state index in [2.05, 4.69) is 43.7 Å². The summed E-state index contributed by atoms with van der Waals surface area (Å²) in [5.74, 6) is 1.28. The van der Waals surface area contributed by atoms with Gasteiger partial charge in [0.1, 0.15) is 17.6 Å². The molecule has 2 saturated carbocycles. The van der Waals surface area contributed by atoms with Gasteiger partial charge in [0.05, 0.1) is 46.3 Å². The molecule has 0 unspecified atom stereocenters. The Hall–Kier alpha value is -4.88. The molecule has 6 N–H and O–H groups in total. The van der Waals surface area contributed by atoms with Gasteiger partial charge in [0.15, 0.2) is 0 Å². The fraction of sp³-hybridized carbons (Fsp3) is 0.524. The lowest BCUT2D eigenvalue weighted by Crippen LogP contribution is -2.46. The van der Waals surface area contributed by atoms with E-state index in [4.69, 9.17) is 24.3 Å². The number of aryl methyl sites for hydroxylation is 4. The Bertz CT molecular complexity index is 1880. The minimum atomic E-state index is -0.510. The van der Waals surface area contributed by atoms with Crippen LogP contribution >= 0.6 is 0 Å². The molecule has 13 heteroatoms. The number of methoxy groups -OCH3 is 2. The van der Waals surface area contributed by atoms with Crippen molar-refractivity contribution in [2.45, 2.75) is 129 Å². The van der Waals surface area contributed by atoms with E-state index < -0.39 is 6.04 Å². The van der Waals surface area contributed by atoms with Crippen LogP contribution in [0.4, 0.5) is 22.7 Å². The van der Waals surface area contributed by atoms with E-state index in [1.54, 1.807) is 14.2 Å². The molecule has 2 aliphatic carbocycles. The van der Waals surface area contributed by atoms with Gasteiger partial charge in [0.2, 0.25) is 11.8 Å². The molecule has 1 atom stereocenters. The number of piperidine rings is 1. The van der Waals surface area contributed by atoms with Crippen LogP contribution in [0.1, 0.15) is 93.5 Å². The number of nitrogens with one attached hydrogen (secondary N) is 4. The Morgan fingerprint density at radius 3 is 1.71 bits per heavy atom. The van der Waals surface area contributed by atoms with Gasteiger partial charge in [-0.1, -0.05) is 22.4 Å². The third-order valence-electron chi connectivity index (χ3n) is 11.3. The molecule has 1 saturated heterocycles. The lowest BCUT2D eigenvalue weighted by molar-refractivity contribution is -0.128. The first-order valence-corrected chi connectivity index (χ1v) is 19.6. The van der Waals surface area contributed by atoms with Gasteiger partial charge >= 0.3 is 0 Å². The van der Waals surface area contributed by atoms with E-state index in [-0.39, 0.29) is 11.8 Å². The van der Waals surface area contributed by atoms with Gasteiger partial charge < -0.3 is 45.5 Å². The summed E-state index contributed by atoms with van der Waals surface area (Å²) in [6.45, 7) is 7.65. The summed E-state index contributed by atoms with van der Waals surface area (Å²) >= 11 is 0. The van der Waals surface area contributed by atoms with Gasteiger partial charge in [-0.3, -0.25) is 9.59 Å². The minimum Gasteiger partial charge on any atom is -0.397 e. The number of carbonyl (C=O) groups excluding carboxylic acids is 2. The fourth-order valence-electron chi connectivity index (χ4n) is 8.12. The van der Waals surface area contributed by atoms with Crippen molar-refractivity contribution in [3.8, 4) is 22.3 Å². The molecule has 0 bridgehead atoms. The van der Waals surface area contributed by atoms with Gasteiger partial charge in [-0.05, 0) is 127 Å². The van der Waals surface area contributed by atoms with Crippen molar-refractivity contribution in [1.82, 2.24) is 15.6 Å². The molecule has 3 fully saturated rings. The van der Waals surface area contributed by atoms with Gasteiger partial charge in [-0.2, -0.15) is 0 Å². The molecule has 2 aromatic heterocycles. The van der Waals surface area contributed by atoms with Crippen LogP contribution in [0.5, 0.6) is 0 Å². The second-order valence-electron chi connectivity index (χ2n) is 15.2. The Kier molecular flexibility index (Phi) is 13.1. The maximum absolute atomic E-state index is 13.0. The zero-order chi connectivity index (χ0) is 39.1. The molecule has 0 radical (unpaired) electrons. The molecule has 55 heavy (non-hydrogen) atoms. The number of nitrogens with two attached hydrogens (primary N) is 1. The molecule has 0 spiro atoms. The molecule has 7 rings (SSSR count). The standard InChI is InChI=1S/C24H32N4O4.C18H25N3O2/c1-14-23(15(2)32-28-14)16-7-12-19(25-17-8-10-18(31-3)11-9-17)21(13-16)27-24(30)20-5-4-6-22(29)26-20;1-11-18(12(2)23-21-11)13-4-9-17(16(19)10-13)20-14-5-7-15(22-3)8-6-14/h7,12-13,17-18,20,25H,4-6,8-11H2,1-3H3,(H,26,29)(H,27,30);4,9-10,14-15,20H,5-8,19H2,1-3H3/t17?,18?,20-;/m0./s1. The zero-order valence-electron chi connectivity index (χ0n) is 33.1. The van der Waals surface area contributed by atoms with Crippen LogP contribution in [-0.4, -0.2) is 66.7 Å². The van der Waals surface area contributed by atoms with E-state index in [1.165, 1.54) is 0 Å². The largest absolute Gasteiger partial charge is 0.397 e. The van der Waals surface area contributed by atoms with Gasteiger partial charge in [-0.15, -0.1) is 0 Å². The molecule has 4 aromatic rings. The van der Waals surface area contributed by atoms with Crippen LogP contribution in [0.25, 0.3) is 22.3 Å². The summed E-state index contributed by atoms with van der Waals surface area (Å²) in [5, 5.41) is 21.1. The van der Waals surface area contributed by atoms with Crippen LogP contribution in [0, 0.1) is 27.7 Å². The topological polar surface area (TPSA) is 179 Å². The normalized spacial score (nSPS) is 22.6. The van der Waals surface area contributed by atoms with Gasteiger partial charge in [-0.25, -0.2) is 0 Å². The summed E-state index contributed by atoms with van der Waals surface area (Å²) in [7, 11) is 3.56. The van der Waals surface area contributed by atoms with Crippen molar-refractivity contribution in [3.05, 3.63) is 59.3 Å². The van der Waals surface area contributed by atoms with Crippen molar-refractivity contribution >= 4 is 34.6 Å². The van der Waals surface area contributed by atoms with E-state index in [1.807, 2.05) is 52.0 Å². The summed E-state index contributed by atoms with van der Waals surface area (Å²) in [6.07, 6.45) is 11.1. The number of benzene rings is 2. The molecular weight excluding hydrogens is 699 g/mol. The molecule has 2 amide bonds. The maximum atomic E-state index is 13.0. The average Bonchev–Trinajstić information content (AvgIpc) is 3.71. The predicted molar refractivity (Wildman–Crippen MR) is 215 cm³/mol. The summed E-state index contributed by atoms with van der Waals surface area (Å²) in [5.41, 5.74) is 15.2. The van der Waals surface area contributed by atoms with E-state index >= 15 is 0 Å². The highest BCUT2D eigenvalue weighted by atomic mass is 16.5. The van der Waals surface area contributed by atoms with E-state index in [9.17, 15) is 9.59 Å². The highest BCUT2D eigenvalue weighted by Crippen LogP contribution is 2.36. The van der Waals surface area contributed by atoms with Crippen LogP contribution in [0.2, 0.25) is 0 Å². The van der Waals surface area contributed by atoms with Crippen molar-refractivity contribution < 1.29 is 28.1 Å². The quantitative estimate of drug-likeness (QED) is 0.0996. The minimum absolute atomic E-state index is 0.0749. The number of anilines is 4. The summed E-state index contributed by atoms with van der Waals surface area (Å²) < 4.78 is 21.5. The Labute approximate surface area is 323 Å². The monoisotopic (exact) mass is 755 g/mol. The lowest BCUT2D eigenvalue weighted by Gasteiger charge is -2.30. The average molecular weight is 756 g/mol. The molecule has 2 aromatic carbocycles. The summed E-state index contributed by atoms with van der Waals surface area (Å²) in [4.78, 5) is 24.7. The first kappa shape index (κ1) is 39.8. The van der Waals surface area contributed by atoms with Crippen molar-refractivity contribution in [3.63, 3.8) is 0 Å². The summed E-state index contributed by atoms with van der Waals surface area (Å²) in [6, 6.07) is 12.4. The smallest absolute Gasteiger partial charge is 0.247 e. The second kappa shape index (κ2) is 18.2. The van der Waals surface area contributed by atoms with Crippen LogP contribution in [-0.2, 0) is 19.1 Å². The highest BCUT2D eigenvalue weighted by molar-refractivity contribution is 6.00. The number of hydrogen-bond donors (Lipinski definition) is 5. The number of nitrogens with zero attached hydrogens (tertiary/aromatic N) is 2. The third kappa shape index (κ3) is 9.87. The Morgan fingerprint density at radius 1 is 0.727 bits per heavy atom. The van der Waals surface area contributed by atoms with E-state index in [0.717, 1.165) is 120 Å². The highest BCUT2D eigenvalue weighted by Gasteiger charge is 2.27. The number of rotatable bonds is 10. The number of carbonyl (C=O) groups is 2. The molecule has 296 valence electrons. The number of aromatic nitrogens is 2. The number of nitrogen functional groups attached to an aromatic ring is 1. The third-order valence-corrected chi connectivity index (χ3v) is 11.3. The molecular formula is C42H57N7O6. The SMILES string of the molecule is COC1CCC(Nc2ccc(-c3c(C)noc3C)cc2N)CC1.COC1CCC(Nc2ccc(-c3c(C)noc3C)cc2NC(=O)[C@@H]2CCCC(=O)N2)CC1.